The van der Waals surface area contributed by atoms with E-state index in [1.54, 1.807) is 27.1 Å². The number of nitro groups is 1. The second kappa shape index (κ2) is 6.85. The Labute approximate surface area is 117 Å². The van der Waals surface area contributed by atoms with Crippen LogP contribution in [0.4, 0.5) is 11.4 Å². The molecule has 0 heterocycles. The van der Waals surface area contributed by atoms with Crippen LogP contribution in [0.3, 0.4) is 0 Å². The van der Waals surface area contributed by atoms with E-state index in [-0.39, 0.29) is 17.2 Å². The number of benzene rings is 1. The molecule has 0 radical (unpaired) electrons. The number of carbonyl (C=O) groups is 1. The molecule has 0 aliphatic carbocycles. The van der Waals surface area contributed by atoms with Crippen LogP contribution < -0.4 is 5.32 Å². The lowest BCUT2D eigenvalue weighted by atomic mass is 10.1. The summed E-state index contributed by atoms with van der Waals surface area (Å²) < 4.78 is 0. The summed E-state index contributed by atoms with van der Waals surface area (Å²) in [7, 11) is 3.18. The van der Waals surface area contributed by atoms with Gasteiger partial charge in [-0.25, -0.2) is 0 Å². The van der Waals surface area contributed by atoms with Crippen LogP contribution in [0.15, 0.2) is 18.2 Å². The monoisotopic (exact) mass is 281 g/mol. The molecule has 1 aromatic carbocycles. The standard InChI is InChI=1S/C13H19N3O4/c1-9(17)6-7-15(3)13(18)10-4-5-11(14-2)12(8-10)16(19)20/h4-5,8-9,14,17H,6-7H2,1-3H3. The molecular formula is C13H19N3O4. The van der Waals surface area contributed by atoms with Gasteiger partial charge in [0.15, 0.2) is 0 Å². The molecule has 0 fully saturated rings. The number of hydrogen-bond acceptors (Lipinski definition) is 5. The number of nitro benzene ring substituents is 1. The number of aliphatic hydroxyl groups excluding tert-OH is 1. The summed E-state index contributed by atoms with van der Waals surface area (Å²) in [5.74, 6) is -0.309. The molecule has 0 spiro atoms. The number of nitrogens with one attached hydrogen (secondary N) is 1. The van der Waals surface area contributed by atoms with Gasteiger partial charge < -0.3 is 15.3 Å². The van der Waals surface area contributed by atoms with E-state index in [9.17, 15) is 20.0 Å². The van der Waals surface area contributed by atoms with Crippen molar-refractivity contribution in [3.63, 3.8) is 0 Å². The van der Waals surface area contributed by atoms with Gasteiger partial charge in [0.2, 0.25) is 0 Å². The Hall–Kier alpha value is -2.15. The van der Waals surface area contributed by atoms with E-state index < -0.39 is 11.0 Å². The van der Waals surface area contributed by atoms with Crippen LogP contribution in [-0.2, 0) is 0 Å². The summed E-state index contributed by atoms with van der Waals surface area (Å²) in [4.78, 5) is 24.0. The maximum Gasteiger partial charge on any atom is 0.293 e. The topological polar surface area (TPSA) is 95.7 Å². The van der Waals surface area contributed by atoms with Crippen molar-refractivity contribution in [3.05, 3.63) is 33.9 Å². The molecule has 20 heavy (non-hydrogen) atoms. The largest absolute Gasteiger partial charge is 0.393 e. The van der Waals surface area contributed by atoms with E-state index in [4.69, 9.17) is 0 Å². The first-order valence-electron chi connectivity index (χ1n) is 6.26. The highest BCUT2D eigenvalue weighted by Gasteiger charge is 2.19. The number of aliphatic hydroxyl groups is 1. The number of anilines is 1. The molecule has 0 bridgehead atoms. The molecule has 7 heteroatoms. The van der Waals surface area contributed by atoms with E-state index in [1.807, 2.05) is 0 Å². The summed E-state index contributed by atoms with van der Waals surface area (Å²) in [5, 5.41) is 22.9. The van der Waals surface area contributed by atoms with Crippen LogP contribution in [0, 0.1) is 10.1 Å². The zero-order valence-electron chi connectivity index (χ0n) is 11.8. The summed E-state index contributed by atoms with van der Waals surface area (Å²) >= 11 is 0. The minimum Gasteiger partial charge on any atom is -0.393 e. The van der Waals surface area contributed by atoms with E-state index >= 15 is 0 Å². The molecule has 0 saturated heterocycles. The van der Waals surface area contributed by atoms with Gasteiger partial charge in [0, 0.05) is 32.3 Å². The molecular weight excluding hydrogens is 262 g/mol. The van der Waals surface area contributed by atoms with Gasteiger partial charge >= 0.3 is 0 Å². The Kier molecular flexibility index (Phi) is 5.45. The molecule has 2 N–H and O–H groups in total. The Morgan fingerprint density at radius 3 is 2.70 bits per heavy atom. The van der Waals surface area contributed by atoms with Crippen LogP contribution in [0.5, 0.6) is 0 Å². The molecule has 1 rings (SSSR count). The summed E-state index contributed by atoms with van der Waals surface area (Å²) in [6, 6.07) is 4.31. The van der Waals surface area contributed by atoms with Crippen LogP contribution in [0.2, 0.25) is 0 Å². The van der Waals surface area contributed by atoms with Crippen molar-refractivity contribution >= 4 is 17.3 Å². The highest BCUT2D eigenvalue weighted by Crippen LogP contribution is 2.25. The number of amides is 1. The van der Waals surface area contributed by atoms with Crippen molar-refractivity contribution < 1.29 is 14.8 Å². The van der Waals surface area contributed by atoms with Crippen LogP contribution in [0.25, 0.3) is 0 Å². The molecule has 1 aromatic rings. The maximum atomic E-state index is 12.1. The fraction of sp³-hybridized carbons (Fsp3) is 0.462. The fourth-order valence-electron chi connectivity index (χ4n) is 1.73. The summed E-state index contributed by atoms with van der Waals surface area (Å²) in [6.07, 6.45) is -0.0369. The number of hydrogen-bond donors (Lipinski definition) is 2. The minimum atomic E-state index is -0.529. The molecule has 7 nitrogen and oxygen atoms in total. The maximum absolute atomic E-state index is 12.1. The lowest BCUT2D eigenvalue weighted by molar-refractivity contribution is -0.384. The van der Waals surface area contributed by atoms with Crippen molar-refractivity contribution in [1.82, 2.24) is 4.90 Å². The van der Waals surface area contributed by atoms with Crippen LogP contribution >= 0.6 is 0 Å². The van der Waals surface area contributed by atoms with E-state index in [1.165, 1.54) is 17.0 Å². The Bertz CT molecular complexity index is 502. The van der Waals surface area contributed by atoms with Gasteiger partial charge in [-0.3, -0.25) is 14.9 Å². The quantitative estimate of drug-likeness (QED) is 0.608. The number of rotatable bonds is 6. The van der Waals surface area contributed by atoms with Crippen LogP contribution in [-0.4, -0.2) is 47.6 Å². The molecule has 0 aromatic heterocycles. The lowest BCUT2D eigenvalue weighted by Crippen LogP contribution is -2.29. The third-order valence-electron chi connectivity index (χ3n) is 2.94. The highest BCUT2D eigenvalue weighted by molar-refractivity contribution is 5.95. The third kappa shape index (κ3) is 3.92. The Morgan fingerprint density at radius 1 is 1.55 bits per heavy atom. The average molecular weight is 281 g/mol. The SMILES string of the molecule is CNc1ccc(C(=O)N(C)CCC(C)O)cc1[N+](=O)[O-]. The van der Waals surface area contributed by atoms with E-state index in [0.29, 0.717) is 18.7 Å². The molecule has 0 saturated carbocycles. The molecule has 0 aliphatic rings. The molecule has 1 amide bonds. The van der Waals surface area contributed by atoms with Crippen LogP contribution in [0.1, 0.15) is 23.7 Å². The van der Waals surface area contributed by atoms with E-state index in [2.05, 4.69) is 5.32 Å². The number of nitrogens with zero attached hydrogens (tertiary/aromatic N) is 2. The predicted octanol–water partition coefficient (Wildman–Crippen LogP) is 1.48. The summed E-state index contributed by atoms with van der Waals surface area (Å²) in [6.45, 7) is 2.03. The molecule has 110 valence electrons. The number of carbonyl (C=O) groups excluding carboxylic acids is 1. The zero-order chi connectivity index (χ0) is 15.3. The first-order chi connectivity index (χ1) is 9.36. The van der Waals surface area contributed by atoms with Gasteiger partial charge in [0.25, 0.3) is 11.6 Å². The van der Waals surface area contributed by atoms with Gasteiger partial charge in [0.1, 0.15) is 5.69 Å². The van der Waals surface area contributed by atoms with Gasteiger partial charge in [-0.15, -0.1) is 0 Å². The Morgan fingerprint density at radius 2 is 2.20 bits per heavy atom. The predicted molar refractivity (Wildman–Crippen MR) is 75.9 cm³/mol. The smallest absolute Gasteiger partial charge is 0.293 e. The van der Waals surface area contributed by atoms with Crippen molar-refractivity contribution in [2.45, 2.75) is 19.4 Å². The molecule has 0 aliphatic heterocycles. The van der Waals surface area contributed by atoms with Crippen molar-refractivity contribution in [2.24, 2.45) is 0 Å². The summed E-state index contributed by atoms with van der Waals surface area (Å²) in [5.41, 5.74) is 0.476. The second-order valence-electron chi connectivity index (χ2n) is 4.60. The first kappa shape index (κ1) is 15.9. The van der Waals surface area contributed by atoms with Crippen molar-refractivity contribution in [3.8, 4) is 0 Å². The highest BCUT2D eigenvalue weighted by atomic mass is 16.6. The van der Waals surface area contributed by atoms with Gasteiger partial charge in [-0.05, 0) is 25.5 Å². The Balaban J connectivity index is 2.93. The normalized spacial score (nSPS) is 11.8. The van der Waals surface area contributed by atoms with Crippen molar-refractivity contribution in [2.75, 3.05) is 26.0 Å². The first-order valence-corrected chi connectivity index (χ1v) is 6.26. The van der Waals surface area contributed by atoms with Gasteiger partial charge in [-0.2, -0.15) is 0 Å². The lowest BCUT2D eigenvalue weighted by Gasteiger charge is -2.18. The molecule has 1 atom stereocenters. The second-order valence-corrected chi connectivity index (χ2v) is 4.60. The average Bonchev–Trinajstić information content (AvgIpc) is 2.42. The van der Waals surface area contributed by atoms with Gasteiger partial charge in [0.05, 0.1) is 11.0 Å². The molecule has 1 unspecified atom stereocenters. The fourth-order valence-corrected chi connectivity index (χ4v) is 1.73. The zero-order valence-corrected chi connectivity index (χ0v) is 11.8. The third-order valence-corrected chi connectivity index (χ3v) is 2.94. The minimum absolute atomic E-state index is 0.137. The van der Waals surface area contributed by atoms with Crippen molar-refractivity contribution in [1.29, 1.82) is 0 Å². The van der Waals surface area contributed by atoms with E-state index in [0.717, 1.165) is 0 Å². The van der Waals surface area contributed by atoms with Gasteiger partial charge in [-0.1, -0.05) is 0 Å².